The lowest BCUT2D eigenvalue weighted by atomic mass is 9.95. The highest BCUT2D eigenvalue weighted by atomic mass is 35.5. The number of hydrogen-bond donors (Lipinski definition) is 6. The first-order valence-electron chi connectivity index (χ1n) is 29.2. The number of urea groups is 1. The van der Waals surface area contributed by atoms with Crippen molar-refractivity contribution in [1.82, 2.24) is 31.1 Å². The number of ether oxygens (including phenoxy) is 3. The van der Waals surface area contributed by atoms with Crippen LogP contribution in [0.25, 0.3) is 21.7 Å². The summed E-state index contributed by atoms with van der Waals surface area (Å²) in [6.45, 7) is 5.62. The number of carbonyl (C=O) groups is 9. The lowest BCUT2D eigenvalue weighted by molar-refractivity contribution is -0.137. The van der Waals surface area contributed by atoms with E-state index in [1.807, 2.05) is 63.2 Å². The maximum atomic E-state index is 14.4. The number of hydrogen-bond acceptors (Lipinski definition) is 15. The van der Waals surface area contributed by atoms with Crippen LogP contribution in [-0.4, -0.2) is 155 Å². The summed E-state index contributed by atoms with van der Waals surface area (Å²) in [5.74, 6) is -1.83. The van der Waals surface area contributed by atoms with Gasteiger partial charge in [-0.1, -0.05) is 62.4 Å². The summed E-state index contributed by atoms with van der Waals surface area (Å²) in [7, 11) is 6.94. The monoisotopic (exact) mass is 1240 g/mol. The molecule has 25 heteroatoms. The van der Waals surface area contributed by atoms with Crippen molar-refractivity contribution in [3.8, 4) is 11.5 Å². The number of halogens is 1. The molecule has 2 aliphatic heterocycles. The van der Waals surface area contributed by atoms with Crippen molar-refractivity contribution in [3.05, 3.63) is 132 Å². The van der Waals surface area contributed by atoms with E-state index in [1.165, 1.54) is 36.0 Å². The fourth-order valence-corrected chi connectivity index (χ4v) is 10.6. The Bertz CT molecular complexity index is 3610. The molecule has 7 N–H and O–H groups in total. The average Bonchev–Trinajstić information content (AvgIpc) is 1.78. The Morgan fingerprint density at radius 3 is 2.13 bits per heavy atom. The maximum absolute atomic E-state index is 14.4. The molecule has 89 heavy (non-hydrogen) atoms. The number of imide groups is 1. The molecule has 8 rings (SSSR count). The number of carbonyl (C=O) groups excluding carboxylic acids is 9. The van der Waals surface area contributed by atoms with Crippen molar-refractivity contribution in [2.75, 3.05) is 100.0 Å². The molecule has 3 atom stereocenters. The quantitative estimate of drug-likeness (QED) is 0.0160. The third-order valence-corrected chi connectivity index (χ3v) is 15.4. The van der Waals surface area contributed by atoms with Crippen molar-refractivity contribution in [1.29, 1.82) is 0 Å². The van der Waals surface area contributed by atoms with Crippen molar-refractivity contribution < 1.29 is 61.8 Å². The zero-order chi connectivity index (χ0) is 63.9. The van der Waals surface area contributed by atoms with Gasteiger partial charge in [0, 0.05) is 106 Å². The van der Waals surface area contributed by atoms with E-state index in [1.54, 1.807) is 77.7 Å². The van der Waals surface area contributed by atoms with Crippen LogP contribution in [0.2, 0.25) is 0 Å². The Morgan fingerprint density at radius 1 is 0.775 bits per heavy atom. The molecular weight excluding hydrogens is 1170 g/mol. The molecule has 0 saturated heterocycles. The number of nitrogens with two attached hydrogens (primary N) is 1. The fraction of sp³-hybridized carbons (Fsp3) is 0.359. The summed E-state index contributed by atoms with van der Waals surface area (Å²) in [6.07, 6.45) is 1.64. The van der Waals surface area contributed by atoms with Gasteiger partial charge >= 0.3 is 18.2 Å². The molecule has 0 bridgehead atoms. The number of furan rings is 1. The van der Waals surface area contributed by atoms with Gasteiger partial charge in [0.05, 0.1) is 23.1 Å². The second kappa shape index (κ2) is 30.4. The third-order valence-electron chi connectivity index (χ3n) is 15.0. The number of alkyl halides is 1. The van der Waals surface area contributed by atoms with Crippen LogP contribution in [0.1, 0.15) is 67.1 Å². The molecule has 5 aromatic carbocycles. The van der Waals surface area contributed by atoms with Crippen LogP contribution in [0.3, 0.4) is 0 Å². The summed E-state index contributed by atoms with van der Waals surface area (Å²) in [5, 5.41) is 16.1. The van der Waals surface area contributed by atoms with Gasteiger partial charge in [0.2, 0.25) is 17.7 Å². The number of benzene rings is 5. The number of nitrogens with zero attached hydrogens (tertiary/aromatic N) is 5. The average molecular weight is 1240 g/mol. The summed E-state index contributed by atoms with van der Waals surface area (Å²) >= 11 is 6.60. The second-order valence-electron chi connectivity index (χ2n) is 22.1. The number of fused-ring (bicyclic) bond motifs is 4. The number of anilines is 4. The Kier molecular flexibility index (Phi) is 22.4. The van der Waals surface area contributed by atoms with Crippen LogP contribution in [0.4, 0.5) is 37.1 Å². The normalized spacial score (nSPS) is 14.2. The van der Waals surface area contributed by atoms with E-state index in [-0.39, 0.29) is 93.7 Å². The molecule has 3 heterocycles. The van der Waals surface area contributed by atoms with Crippen LogP contribution in [0, 0.1) is 5.92 Å². The SMILES string of the molecule is CC(C)C(NCCNC(=O)CCCN1C(=O)C=CC1=O)C(=O)N[C@@H](CCCNC(N)=O)C(=O)Nc1ccc(COC(=O)N(C)c2ccccc2N(C)C(=O)Oc2cc3c(c4ccccc24)[C@H](CCl)CN3C(=O)c2cc3cc(OCCN(C)C)ccc3o2)cc1. The standard InChI is InChI=1S/C64H74ClN11O13/c1-39(2)58(68-29-28-67-54(77)18-12-30-75-55(78)25-26-56(75)79)60(81)71-47(15-11-27-69-62(66)83)59(80)70-43-21-19-40(20-22-43)38-87-63(84)73(5)48-16-9-10-17-49(48)74(6)64(85)89-52-35-50-57(46-14-8-7-13-45(46)52)42(36-65)37-76(50)61(82)53-34-41-33-44(23-24-51(41)88-53)86-32-31-72(3)4/h7-10,13-14,16-17,19-26,33-35,39,42,47,58,68H,11-12,15,18,27-32,36-38H2,1-6H3,(H,67,77)(H,70,80)(H,71,81)(H3,66,69,83)/t42-,47+,58?/m1/s1. The topological polar surface area (TPSA) is 297 Å². The molecule has 0 radical (unpaired) electrons. The first-order chi connectivity index (χ1) is 42.7. The second-order valence-corrected chi connectivity index (χ2v) is 22.4. The number of para-hydroxylation sites is 2. The van der Waals surface area contributed by atoms with E-state index < -0.39 is 59.8 Å². The number of likely N-dealkylation sites (N-methyl/N-ethyl adjacent to an activating group) is 1. The molecule has 10 amide bonds. The molecule has 2 aliphatic rings. The first-order valence-corrected chi connectivity index (χ1v) is 29.7. The first kappa shape index (κ1) is 65.5. The Balaban J connectivity index is 0.867. The number of rotatable bonds is 28. The summed E-state index contributed by atoms with van der Waals surface area (Å²) < 4.78 is 23.9. The van der Waals surface area contributed by atoms with E-state index in [2.05, 4.69) is 26.6 Å². The molecule has 0 aliphatic carbocycles. The van der Waals surface area contributed by atoms with E-state index in [0.717, 1.165) is 22.4 Å². The summed E-state index contributed by atoms with van der Waals surface area (Å²) in [5.41, 5.74) is 8.70. The van der Waals surface area contributed by atoms with Gasteiger partial charge in [-0.15, -0.1) is 11.6 Å². The van der Waals surface area contributed by atoms with Crippen molar-refractivity contribution in [2.45, 2.75) is 64.1 Å². The van der Waals surface area contributed by atoms with Crippen LogP contribution in [-0.2, 0) is 35.3 Å². The predicted octanol–water partition coefficient (Wildman–Crippen LogP) is 7.22. The molecule has 0 spiro atoms. The van der Waals surface area contributed by atoms with Gasteiger partial charge in [0.15, 0.2) is 5.76 Å². The van der Waals surface area contributed by atoms with E-state index >= 15 is 0 Å². The van der Waals surface area contributed by atoms with Gasteiger partial charge in [0.25, 0.3) is 17.7 Å². The highest BCUT2D eigenvalue weighted by Crippen LogP contribution is 2.46. The van der Waals surface area contributed by atoms with E-state index in [0.29, 0.717) is 63.4 Å². The Labute approximate surface area is 519 Å². The van der Waals surface area contributed by atoms with Gasteiger partial charge < -0.3 is 60.7 Å². The predicted molar refractivity (Wildman–Crippen MR) is 337 cm³/mol. The van der Waals surface area contributed by atoms with Gasteiger partial charge in [-0.05, 0) is 104 Å². The lowest BCUT2D eigenvalue weighted by Gasteiger charge is -2.25. The van der Waals surface area contributed by atoms with Crippen LogP contribution in [0.15, 0.2) is 120 Å². The number of primary amides is 1. The largest absolute Gasteiger partial charge is 0.492 e. The third kappa shape index (κ3) is 16.8. The molecule has 1 unspecified atom stereocenters. The fourth-order valence-electron chi connectivity index (χ4n) is 10.3. The lowest BCUT2D eigenvalue weighted by Crippen LogP contribution is -2.54. The van der Waals surface area contributed by atoms with Crippen molar-refractivity contribution in [3.63, 3.8) is 0 Å². The van der Waals surface area contributed by atoms with Crippen LogP contribution in [0.5, 0.6) is 11.5 Å². The molecular formula is C64H74ClN11O13. The van der Waals surface area contributed by atoms with Gasteiger partial charge in [-0.25, -0.2) is 14.4 Å². The van der Waals surface area contributed by atoms with Crippen molar-refractivity contribution in [2.24, 2.45) is 11.7 Å². The molecule has 470 valence electrons. The minimum atomic E-state index is -1.04. The van der Waals surface area contributed by atoms with Crippen LogP contribution >= 0.6 is 11.6 Å². The van der Waals surface area contributed by atoms with Gasteiger partial charge in [-0.2, -0.15) is 0 Å². The van der Waals surface area contributed by atoms with E-state index in [9.17, 15) is 43.2 Å². The summed E-state index contributed by atoms with van der Waals surface area (Å²) in [6, 6.07) is 26.9. The molecule has 24 nitrogen and oxygen atoms in total. The Hall–Kier alpha value is -9.52. The minimum absolute atomic E-state index is 0.0869. The highest BCUT2D eigenvalue weighted by Gasteiger charge is 2.37. The van der Waals surface area contributed by atoms with Crippen molar-refractivity contribution >= 4 is 110 Å². The minimum Gasteiger partial charge on any atom is -0.492 e. The smallest absolute Gasteiger partial charge is 0.419 e. The number of nitrogens with one attached hydrogen (secondary N) is 5. The zero-order valence-corrected chi connectivity index (χ0v) is 51.2. The highest BCUT2D eigenvalue weighted by molar-refractivity contribution is 6.19. The van der Waals surface area contributed by atoms with Crippen LogP contribution < -0.4 is 56.5 Å². The zero-order valence-electron chi connectivity index (χ0n) is 50.5. The number of amides is 10. The van der Waals surface area contributed by atoms with Gasteiger partial charge in [0.1, 0.15) is 36.3 Å². The Morgan fingerprint density at radius 2 is 1.46 bits per heavy atom. The van der Waals surface area contributed by atoms with E-state index in [4.69, 9.17) is 36.0 Å². The molecule has 0 saturated carbocycles. The maximum Gasteiger partial charge on any atom is 0.419 e. The van der Waals surface area contributed by atoms with Gasteiger partial charge in [-0.3, -0.25) is 43.5 Å². The summed E-state index contributed by atoms with van der Waals surface area (Å²) in [4.78, 5) is 125. The molecule has 6 aromatic rings. The molecule has 1 aromatic heterocycles. The molecule has 0 fully saturated rings.